The second kappa shape index (κ2) is 5.01. The minimum Gasteiger partial charge on any atom is -0.366 e. The lowest BCUT2D eigenvalue weighted by Crippen LogP contribution is -2.19. The largest absolute Gasteiger partial charge is 0.366 e. The van der Waals surface area contributed by atoms with Crippen LogP contribution in [0.2, 0.25) is 0 Å². The van der Waals surface area contributed by atoms with E-state index in [0.29, 0.717) is 11.4 Å². The highest BCUT2D eigenvalue weighted by Crippen LogP contribution is 2.15. The fraction of sp³-hybridized carbons (Fsp3) is 0. The Bertz CT molecular complexity index is 612. The molecule has 0 saturated heterocycles. The van der Waals surface area contributed by atoms with Crippen molar-refractivity contribution in [3.05, 3.63) is 40.9 Å². The standard InChI is InChI=1S/C11H10BN3O2S/c12-11-15-8(5-18-11)10(17)14-7-4-2-1-3-6(7)9(13)16/h1-5H,12H2,(H2,13,16)(H,14,17). The third-order valence-electron chi connectivity index (χ3n) is 2.29. The molecular weight excluding hydrogens is 249 g/mol. The van der Waals surface area contributed by atoms with Gasteiger partial charge in [0.25, 0.3) is 11.8 Å². The van der Waals surface area contributed by atoms with Crippen molar-refractivity contribution >= 4 is 41.6 Å². The van der Waals surface area contributed by atoms with E-state index in [9.17, 15) is 9.59 Å². The topological polar surface area (TPSA) is 85.1 Å². The number of para-hydroxylation sites is 1. The smallest absolute Gasteiger partial charge is 0.275 e. The molecule has 0 aliphatic rings. The Balaban J connectivity index is 2.24. The number of carbonyl (C=O) groups excluding carboxylic acids is 2. The van der Waals surface area contributed by atoms with Crippen LogP contribution in [0.25, 0.3) is 0 Å². The number of carbonyl (C=O) groups is 2. The van der Waals surface area contributed by atoms with Crippen LogP contribution in [0, 0.1) is 0 Å². The molecule has 0 saturated carbocycles. The Hall–Kier alpha value is -2.15. The SMILES string of the molecule is Bc1nc(C(=O)Nc2ccccc2C(N)=O)cs1. The van der Waals surface area contributed by atoms with Crippen molar-refractivity contribution in [2.75, 3.05) is 5.32 Å². The molecule has 0 radical (unpaired) electrons. The van der Waals surface area contributed by atoms with Crippen LogP contribution < -0.4 is 16.0 Å². The number of thiazole rings is 1. The molecule has 0 aliphatic carbocycles. The van der Waals surface area contributed by atoms with E-state index < -0.39 is 5.91 Å². The number of nitrogens with one attached hydrogen (secondary N) is 1. The molecule has 90 valence electrons. The number of benzene rings is 1. The highest BCUT2D eigenvalue weighted by atomic mass is 32.1. The summed E-state index contributed by atoms with van der Waals surface area (Å²) in [6.45, 7) is 0. The summed E-state index contributed by atoms with van der Waals surface area (Å²) in [6, 6.07) is 6.58. The van der Waals surface area contributed by atoms with Crippen LogP contribution >= 0.6 is 11.3 Å². The van der Waals surface area contributed by atoms with Gasteiger partial charge in [0, 0.05) is 10.3 Å². The molecule has 18 heavy (non-hydrogen) atoms. The van der Waals surface area contributed by atoms with E-state index in [0.717, 1.165) is 4.91 Å². The first kappa shape index (κ1) is 12.3. The number of hydrogen-bond acceptors (Lipinski definition) is 4. The predicted molar refractivity (Wildman–Crippen MR) is 73.2 cm³/mol. The molecule has 0 bridgehead atoms. The number of primary amides is 1. The van der Waals surface area contributed by atoms with Crippen molar-refractivity contribution in [1.82, 2.24) is 4.98 Å². The minimum absolute atomic E-state index is 0.276. The quantitative estimate of drug-likeness (QED) is 0.745. The first-order valence-electron chi connectivity index (χ1n) is 5.20. The summed E-state index contributed by atoms with van der Waals surface area (Å²) in [5.74, 6) is -0.937. The fourth-order valence-electron chi connectivity index (χ4n) is 1.46. The van der Waals surface area contributed by atoms with E-state index in [1.807, 2.05) is 7.85 Å². The van der Waals surface area contributed by atoms with E-state index >= 15 is 0 Å². The molecule has 2 amide bonds. The lowest BCUT2D eigenvalue weighted by atomic mass is 10.1. The molecule has 0 aliphatic heterocycles. The number of nitrogens with two attached hydrogens (primary N) is 1. The van der Waals surface area contributed by atoms with Crippen LogP contribution in [0.15, 0.2) is 29.6 Å². The predicted octanol–water partition coefficient (Wildman–Crippen LogP) is -0.247. The normalized spacial score (nSPS) is 10.0. The second-order valence-electron chi connectivity index (χ2n) is 3.62. The zero-order valence-corrected chi connectivity index (χ0v) is 10.5. The maximum atomic E-state index is 11.9. The van der Waals surface area contributed by atoms with E-state index in [4.69, 9.17) is 5.73 Å². The minimum atomic E-state index is -0.583. The Kier molecular flexibility index (Phi) is 3.43. The second-order valence-corrected chi connectivity index (χ2v) is 4.68. The van der Waals surface area contributed by atoms with Crippen LogP contribution in [0.1, 0.15) is 20.8 Å². The van der Waals surface area contributed by atoms with Crippen LogP contribution in [-0.4, -0.2) is 24.6 Å². The zero-order chi connectivity index (χ0) is 13.1. The number of hydrogen-bond donors (Lipinski definition) is 2. The maximum Gasteiger partial charge on any atom is 0.275 e. The molecule has 0 spiro atoms. The molecule has 7 heteroatoms. The molecule has 1 aromatic carbocycles. The van der Waals surface area contributed by atoms with Crippen molar-refractivity contribution in [3.63, 3.8) is 0 Å². The van der Waals surface area contributed by atoms with Crippen LogP contribution in [0.4, 0.5) is 5.69 Å². The molecule has 2 rings (SSSR count). The number of nitrogens with zero attached hydrogens (tertiary/aromatic N) is 1. The van der Waals surface area contributed by atoms with Crippen molar-refractivity contribution in [2.24, 2.45) is 5.73 Å². The highest BCUT2D eigenvalue weighted by molar-refractivity contribution is 7.17. The van der Waals surface area contributed by atoms with Gasteiger partial charge in [-0.2, -0.15) is 0 Å². The lowest BCUT2D eigenvalue weighted by molar-refractivity contribution is 0.100. The van der Waals surface area contributed by atoms with Gasteiger partial charge in [-0.25, -0.2) is 4.98 Å². The first-order valence-corrected chi connectivity index (χ1v) is 6.08. The van der Waals surface area contributed by atoms with Crippen molar-refractivity contribution in [3.8, 4) is 0 Å². The van der Waals surface area contributed by atoms with Gasteiger partial charge in [-0.05, 0) is 12.1 Å². The zero-order valence-electron chi connectivity index (χ0n) is 9.64. The molecule has 1 heterocycles. The molecule has 0 atom stereocenters. The van der Waals surface area contributed by atoms with Gasteiger partial charge in [0.2, 0.25) is 0 Å². The Morgan fingerprint density at radius 2 is 2.06 bits per heavy atom. The molecule has 0 fully saturated rings. The summed E-state index contributed by atoms with van der Waals surface area (Å²) in [6.07, 6.45) is 0. The summed E-state index contributed by atoms with van der Waals surface area (Å²) in [5.41, 5.74) is 6.22. The number of rotatable bonds is 3. The third kappa shape index (κ3) is 2.57. The van der Waals surface area contributed by atoms with Crippen LogP contribution in [-0.2, 0) is 0 Å². The number of anilines is 1. The van der Waals surface area contributed by atoms with Crippen LogP contribution in [0.5, 0.6) is 0 Å². The van der Waals surface area contributed by atoms with Gasteiger partial charge in [-0.3, -0.25) is 9.59 Å². The lowest BCUT2D eigenvalue weighted by Gasteiger charge is -2.07. The van der Waals surface area contributed by atoms with Gasteiger partial charge >= 0.3 is 0 Å². The van der Waals surface area contributed by atoms with E-state index in [2.05, 4.69) is 10.3 Å². The van der Waals surface area contributed by atoms with E-state index in [1.165, 1.54) is 11.3 Å². The summed E-state index contributed by atoms with van der Waals surface area (Å²) in [7, 11) is 1.82. The first-order chi connectivity index (χ1) is 8.58. The number of amides is 2. The fourth-order valence-corrected chi connectivity index (χ4v) is 2.05. The van der Waals surface area contributed by atoms with Gasteiger partial charge in [0.1, 0.15) is 5.69 Å². The average Bonchev–Trinajstić information content (AvgIpc) is 2.76. The van der Waals surface area contributed by atoms with Gasteiger partial charge in [-0.1, -0.05) is 12.1 Å². The molecule has 0 unspecified atom stereocenters. The monoisotopic (exact) mass is 259 g/mol. The molecular formula is C11H10BN3O2S. The van der Waals surface area contributed by atoms with Crippen LogP contribution in [0.3, 0.4) is 0 Å². The number of aromatic nitrogens is 1. The van der Waals surface area contributed by atoms with E-state index in [1.54, 1.807) is 29.6 Å². The average molecular weight is 259 g/mol. The Morgan fingerprint density at radius 3 is 2.67 bits per heavy atom. The summed E-state index contributed by atoms with van der Waals surface area (Å²) >= 11 is 1.39. The van der Waals surface area contributed by atoms with E-state index in [-0.39, 0.29) is 11.5 Å². The maximum absolute atomic E-state index is 11.9. The van der Waals surface area contributed by atoms with Gasteiger partial charge in [0.15, 0.2) is 7.85 Å². The van der Waals surface area contributed by atoms with Crippen molar-refractivity contribution < 1.29 is 9.59 Å². The molecule has 1 aromatic heterocycles. The van der Waals surface area contributed by atoms with Gasteiger partial charge in [0.05, 0.1) is 11.3 Å². The van der Waals surface area contributed by atoms with Crippen molar-refractivity contribution in [1.29, 1.82) is 0 Å². The van der Waals surface area contributed by atoms with Gasteiger partial charge in [-0.15, -0.1) is 11.3 Å². The Labute approximate surface area is 108 Å². The van der Waals surface area contributed by atoms with Crippen molar-refractivity contribution in [2.45, 2.75) is 0 Å². The summed E-state index contributed by atoms with van der Waals surface area (Å²) in [5, 5.41) is 4.29. The summed E-state index contributed by atoms with van der Waals surface area (Å²) in [4.78, 5) is 28.0. The third-order valence-corrected chi connectivity index (χ3v) is 3.07. The highest BCUT2D eigenvalue weighted by Gasteiger charge is 2.13. The molecule has 3 N–H and O–H groups in total. The summed E-state index contributed by atoms with van der Waals surface area (Å²) < 4.78 is 0. The molecule has 5 nitrogen and oxygen atoms in total. The molecule has 2 aromatic rings. The Morgan fingerprint density at radius 1 is 1.33 bits per heavy atom. The van der Waals surface area contributed by atoms with Gasteiger partial charge < -0.3 is 11.1 Å².